The van der Waals surface area contributed by atoms with Crippen LogP contribution in [-0.2, 0) is 11.3 Å². The van der Waals surface area contributed by atoms with Crippen LogP contribution in [0.4, 0.5) is 4.39 Å². The average molecular weight is 293 g/mol. The van der Waals surface area contributed by atoms with Crippen molar-refractivity contribution in [3.05, 3.63) is 35.6 Å². The van der Waals surface area contributed by atoms with Crippen molar-refractivity contribution in [3.8, 4) is 0 Å². The van der Waals surface area contributed by atoms with Gasteiger partial charge < -0.3 is 5.11 Å². The number of hydrogen-bond acceptors (Lipinski definition) is 2. The van der Waals surface area contributed by atoms with Crippen LogP contribution in [-0.4, -0.2) is 29.1 Å². The van der Waals surface area contributed by atoms with Crippen LogP contribution in [0.5, 0.6) is 0 Å². The smallest absolute Gasteiger partial charge is 0.308 e. The predicted octanol–water partition coefficient (Wildman–Crippen LogP) is 3.54. The zero-order valence-corrected chi connectivity index (χ0v) is 12.8. The highest BCUT2D eigenvalue weighted by atomic mass is 19.1. The molecule has 3 atom stereocenters. The van der Waals surface area contributed by atoms with Gasteiger partial charge in [-0.1, -0.05) is 25.5 Å². The van der Waals surface area contributed by atoms with Crippen LogP contribution in [0, 0.1) is 17.7 Å². The number of nitrogens with zero attached hydrogens (tertiary/aromatic N) is 1. The monoisotopic (exact) mass is 293 g/mol. The molecule has 0 aromatic heterocycles. The Hall–Kier alpha value is -1.42. The fourth-order valence-corrected chi connectivity index (χ4v) is 3.37. The van der Waals surface area contributed by atoms with Gasteiger partial charge in [0.25, 0.3) is 0 Å². The number of carbonyl (C=O) groups is 1. The summed E-state index contributed by atoms with van der Waals surface area (Å²) in [6.45, 7) is 2.83. The fraction of sp³-hybridized carbons (Fsp3) is 0.588. The zero-order chi connectivity index (χ0) is 15.4. The molecule has 1 fully saturated rings. The van der Waals surface area contributed by atoms with E-state index in [9.17, 15) is 14.3 Å². The Morgan fingerprint density at radius 1 is 1.33 bits per heavy atom. The van der Waals surface area contributed by atoms with E-state index in [2.05, 4.69) is 11.8 Å². The number of halogens is 1. The lowest BCUT2D eigenvalue weighted by Crippen LogP contribution is -2.45. The molecule has 0 amide bonds. The summed E-state index contributed by atoms with van der Waals surface area (Å²) in [7, 11) is 1.97. The van der Waals surface area contributed by atoms with E-state index in [1.54, 1.807) is 12.1 Å². The van der Waals surface area contributed by atoms with Crippen LogP contribution < -0.4 is 0 Å². The van der Waals surface area contributed by atoms with Crippen molar-refractivity contribution in [1.82, 2.24) is 4.90 Å². The Balaban J connectivity index is 2.07. The highest BCUT2D eigenvalue weighted by molar-refractivity contribution is 5.71. The standard InChI is InChI=1S/C17H24FNO2/c1-3-12-6-9-15(17(20)21)16(10-12)19(2)11-13-4-7-14(18)8-5-13/h4-5,7-8,12,15-16H,3,6,9-11H2,1-2H3,(H,20,21). The molecule has 21 heavy (non-hydrogen) atoms. The first-order valence-electron chi connectivity index (χ1n) is 7.68. The van der Waals surface area contributed by atoms with Gasteiger partial charge in [-0.25, -0.2) is 4.39 Å². The number of rotatable bonds is 5. The molecule has 3 unspecified atom stereocenters. The molecule has 0 aliphatic heterocycles. The van der Waals surface area contributed by atoms with Gasteiger partial charge in [-0.2, -0.15) is 0 Å². The summed E-state index contributed by atoms with van der Waals surface area (Å²) in [6.07, 6.45) is 3.80. The van der Waals surface area contributed by atoms with Gasteiger partial charge in [-0.3, -0.25) is 9.69 Å². The van der Waals surface area contributed by atoms with E-state index in [1.807, 2.05) is 7.05 Å². The van der Waals surface area contributed by atoms with E-state index in [-0.39, 0.29) is 17.8 Å². The van der Waals surface area contributed by atoms with E-state index >= 15 is 0 Å². The SMILES string of the molecule is CCC1CCC(C(=O)O)C(N(C)Cc2ccc(F)cc2)C1. The van der Waals surface area contributed by atoms with E-state index in [4.69, 9.17) is 0 Å². The maximum absolute atomic E-state index is 13.0. The van der Waals surface area contributed by atoms with Gasteiger partial charge in [0, 0.05) is 12.6 Å². The quantitative estimate of drug-likeness (QED) is 0.902. The first-order valence-corrected chi connectivity index (χ1v) is 7.68. The largest absolute Gasteiger partial charge is 0.481 e. The van der Waals surface area contributed by atoms with Gasteiger partial charge in [-0.05, 0) is 49.9 Å². The Morgan fingerprint density at radius 3 is 2.57 bits per heavy atom. The lowest BCUT2D eigenvalue weighted by molar-refractivity contribution is -0.146. The summed E-state index contributed by atoms with van der Waals surface area (Å²) in [5.74, 6) is -0.617. The van der Waals surface area contributed by atoms with Crippen molar-refractivity contribution < 1.29 is 14.3 Å². The summed E-state index contributed by atoms with van der Waals surface area (Å²) in [5, 5.41) is 9.44. The Kier molecular flexibility index (Phi) is 5.34. The minimum atomic E-state index is -0.694. The number of hydrogen-bond donors (Lipinski definition) is 1. The minimum absolute atomic E-state index is 0.0613. The Labute approximate surface area is 125 Å². The first-order chi connectivity index (χ1) is 10.0. The van der Waals surface area contributed by atoms with Crippen LogP contribution in [0.15, 0.2) is 24.3 Å². The molecule has 1 aromatic carbocycles. The van der Waals surface area contributed by atoms with Crippen molar-refractivity contribution >= 4 is 5.97 Å². The van der Waals surface area contributed by atoms with Crippen molar-refractivity contribution in [3.63, 3.8) is 0 Å². The molecule has 1 aliphatic carbocycles. The first kappa shape index (κ1) is 16.0. The lowest BCUT2D eigenvalue weighted by atomic mass is 9.76. The molecule has 0 saturated heterocycles. The van der Waals surface area contributed by atoms with Crippen LogP contribution in [0.3, 0.4) is 0 Å². The zero-order valence-electron chi connectivity index (χ0n) is 12.8. The van der Waals surface area contributed by atoms with Crippen molar-refractivity contribution in [2.45, 2.75) is 45.2 Å². The lowest BCUT2D eigenvalue weighted by Gasteiger charge is -2.39. The highest BCUT2D eigenvalue weighted by Crippen LogP contribution is 2.34. The minimum Gasteiger partial charge on any atom is -0.481 e. The molecule has 2 rings (SSSR count). The third-order valence-corrected chi connectivity index (χ3v) is 4.73. The second-order valence-corrected chi connectivity index (χ2v) is 6.14. The molecule has 3 nitrogen and oxygen atoms in total. The molecule has 116 valence electrons. The number of benzene rings is 1. The van der Waals surface area contributed by atoms with E-state index in [0.717, 1.165) is 31.2 Å². The maximum atomic E-state index is 13.0. The molecular weight excluding hydrogens is 269 g/mol. The van der Waals surface area contributed by atoms with Gasteiger partial charge in [-0.15, -0.1) is 0 Å². The number of carboxylic acids is 1. The van der Waals surface area contributed by atoms with Gasteiger partial charge in [0.15, 0.2) is 0 Å². The van der Waals surface area contributed by atoms with Crippen LogP contribution >= 0.6 is 0 Å². The molecule has 1 saturated carbocycles. The van der Waals surface area contributed by atoms with Gasteiger partial charge in [0.1, 0.15) is 5.82 Å². The van der Waals surface area contributed by atoms with Crippen molar-refractivity contribution in [1.29, 1.82) is 0 Å². The third kappa shape index (κ3) is 4.03. The average Bonchev–Trinajstić information content (AvgIpc) is 2.48. The van der Waals surface area contributed by atoms with E-state index in [1.165, 1.54) is 12.1 Å². The molecule has 4 heteroatoms. The molecule has 1 N–H and O–H groups in total. The van der Waals surface area contributed by atoms with Gasteiger partial charge >= 0.3 is 5.97 Å². The topological polar surface area (TPSA) is 40.5 Å². The van der Waals surface area contributed by atoms with Gasteiger partial charge in [0.05, 0.1) is 5.92 Å². The molecule has 0 heterocycles. The number of aliphatic carboxylic acids is 1. The summed E-state index contributed by atoms with van der Waals surface area (Å²) >= 11 is 0. The van der Waals surface area contributed by atoms with Crippen LogP contribution in [0.2, 0.25) is 0 Å². The second kappa shape index (κ2) is 7.03. The van der Waals surface area contributed by atoms with Crippen LogP contribution in [0.1, 0.15) is 38.2 Å². The second-order valence-electron chi connectivity index (χ2n) is 6.14. The summed E-state index contributed by atoms with van der Waals surface area (Å²) < 4.78 is 13.0. The predicted molar refractivity (Wildman–Crippen MR) is 80.4 cm³/mol. The molecule has 0 spiro atoms. The molecule has 1 aromatic rings. The highest BCUT2D eigenvalue weighted by Gasteiger charge is 2.36. The van der Waals surface area contributed by atoms with E-state index in [0.29, 0.717) is 12.5 Å². The van der Waals surface area contributed by atoms with E-state index < -0.39 is 5.97 Å². The maximum Gasteiger partial charge on any atom is 0.308 e. The van der Waals surface area contributed by atoms with Crippen molar-refractivity contribution in [2.24, 2.45) is 11.8 Å². The summed E-state index contributed by atoms with van der Waals surface area (Å²) in [5.41, 5.74) is 1.02. The number of carboxylic acid groups (broad SMARTS) is 1. The Morgan fingerprint density at radius 2 is 2.00 bits per heavy atom. The summed E-state index contributed by atoms with van der Waals surface area (Å²) in [6, 6.07) is 6.50. The van der Waals surface area contributed by atoms with Gasteiger partial charge in [0.2, 0.25) is 0 Å². The van der Waals surface area contributed by atoms with Crippen LogP contribution in [0.25, 0.3) is 0 Å². The summed E-state index contributed by atoms with van der Waals surface area (Å²) in [4.78, 5) is 13.6. The molecule has 1 aliphatic rings. The molecule has 0 bridgehead atoms. The fourth-order valence-electron chi connectivity index (χ4n) is 3.37. The third-order valence-electron chi connectivity index (χ3n) is 4.73. The Bertz CT molecular complexity index is 474. The molecular formula is C17H24FNO2. The normalized spacial score (nSPS) is 26.0. The van der Waals surface area contributed by atoms with Crippen molar-refractivity contribution in [2.75, 3.05) is 7.05 Å². The molecule has 0 radical (unpaired) electrons.